The highest BCUT2D eigenvalue weighted by Crippen LogP contribution is 2.27. The molecule has 3 atom stereocenters. The zero-order valence-corrected chi connectivity index (χ0v) is 9.65. The van der Waals surface area contributed by atoms with Gasteiger partial charge in [0.1, 0.15) is 18.2 Å². The molecule has 96 valence electrons. The number of nitrogens with two attached hydrogens (primary N) is 1. The molecule has 0 aliphatic carbocycles. The first-order chi connectivity index (χ1) is 8.29. The number of nitrogens with one attached hydrogen (secondary N) is 3. The molecule has 3 rings (SSSR count). The zero-order chi connectivity index (χ0) is 11.8. The highest BCUT2D eigenvalue weighted by Gasteiger charge is 2.40. The maximum absolute atomic E-state index is 9.09. The van der Waals surface area contributed by atoms with E-state index in [0.717, 1.165) is 25.2 Å². The Kier molecular flexibility index (Phi) is 2.83. The van der Waals surface area contributed by atoms with Gasteiger partial charge in [-0.1, -0.05) is 0 Å². The second-order valence-electron chi connectivity index (χ2n) is 4.61. The minimum atomic E-state index is -0.0212. The van der Waals surface area contributed by atoms with Gasteiger partial charge in [-0.25, -0.2) is 4.90 Å². The molecule has 0 bridgehead atoms. The minimum Gasteiger partial charge on any atom is -0.394 e. The number of hydrogen-bond donors (Lipinski definition) is 5. The molecule has 3 aliphatic heterocycles. The van der Waals surface area contributed by atoms with Crippen molar-refractivity contribution in [1.82, 2.24) is 20.9 Å². The Labute approximate surface area is 100.0 Å². The van der Waals surface area contributed by atoms with Crippen LogP contribution in [0.25, 0.3) is 0 Å². The molecule has 0 saturated carbocycles. The van der Waals surface area contributed by atoms with Crippen molar-refractivity contribution >= 4 is 0 Å². The maximum atomic E-state index is 9.09. The summed E-state index contributed by atoms with van der Waals surface area (Å²) in [4.78, 5) is 2.21. The van der Waals surface area contributed by atoms with Gasteiger partial charge in [-0.3, -0.25) is 5.32 Å². The summed E-state index contributed by atoms with van der Waals surface area (Å²) in [5.41, 5.74) is 6.89. The normalized spacial score (nSPS) is 37.8. The molecular formula is C10H19N5O2. The topological polar surface area (TPSA) is 94.8 Å². The van der Waals surface area contributed by atoms with Gasteiger partial charge in [0.05, 0.1) is 31.7 Å². The van der Waals surface area contributed by atoms with Gasteiger partial charge >= 0.3 is 0 Å². The van der Waals surface area contributed by atoms with E-state index in [9.17, 15) is 0 Å². The van der Waals surface area contributed by atoms with Crippen molar-refractivity contribution in [3.05, 3.63) is 11.5 Å². The van der Waals surface area contributed by atoms with E-state index in [1.165, 1.54) is 0 Å². The molecule has 3 heterocycles. The fourth-order valence-electron chi connectivity index (χ4n) is 2.66. The number of rotatable bonds is 2. The van der Waals surface area contributed by atoms with Crippen LogP contribution in [0.4, 0.5) is 0 Å². The van der Waals surface area contributed by atoms with Crippen LogP contribution < -0.4 is 21.7 Å². The zero-order valence-electron chi connectivity index (χ0n) is 9.65. The van der Waals surface area contributed by atoms with Gasteiger partial charge in [0, 0.05) is 0 Å². The number of aliphatic hydroxyl groups excluding tert-OH is 1. The number of fused-ring (bicyclic) bond motifs is 1. The van der Waals surface area contributed by atoms with E-state index in [1.54, 1.807) is 0 Å². The second-order valence-corrected chi connectivity index (χ2v) is 4.61. The molecular weight excluding hydrogens is 222 g/mol. The average molecular weight is 241 g/mol. The van der Waals surface area contributed by atoms with Gasteiger partial charge in [-0.2, -0.15) is 0 Å². The highest BCUT2D eigenvalue weighted by atomic mass is 16.5. The quantitative estimate of drug-likeness (QED) is 0.380. The van der Waals surface area contributed by atoms with Gasteiger partial charge in [-0.15, -0.1) is 0 Å². The van der Waals surface area contributed by atoms with Gasteiger partial charge in [0.25, 0.3) is 0 Å². The van der Waals surface area contributed by atoms with Crippen molar-refractivity contribution in [3.8, 4) is 0 Å². The van der Waals surface area contributed by atoms with Crippen molar-refractivity contribution in [1.29, 1.82) is 0 Å². The SMILES string of the molecule is NC1=C2NCN([C@H]3CC[C@@H](CO)O3)C2NCN1. The third-order valence-corrected chi connectivity index (χ3v) is 3.58. The van der Waals surface area contributed by atoms with Crippen LogP contribution >= 0.6 is 0 Å². The summed E-state index contributed by atoms with van der Waals surface area (Å²) in [6, 6.07) is 0. The molecule has 0 aromatic heterocycles. The predicted octanol–water partition coefficient (Wildman–Crippen LogP) is -2.05. The second kappa shape index (κ2) is 4.34. The van der Waals surface area contributed by atoms with E-state index in [-0.39, 0.29) is 25.1 Å². The highest BCUT2D eigenvalue weighted by molar-refractivity contribution is 5.20. The summed E-state index contributed by atoms with van der Waals surface area (Å²) in [5.74, 6) is 0.702. The van der Waals surface area contributed by atoms with Gasteiger partial charge in [0.2, 0.25) is 0 Å². The lowest BCUT2D eigenvalue weighted by Gasteiger charge is -2.32. The molecule has 0 aromatic carbocycles. The van der Waals surface area contributed by atoms with Crippen molar-refractivity contribution in [2.24, 2.45) is 5.73 Å². The van der Waals surface area contributed by atoms with Crippen molar-refractivity contribution in [2.45, 2.75) is 31.3 Å². The summed E-state index contributed by atoms with van der Waals surface area (Å²) >= 11 is 0. The Hall–Kier alpha value is -1.02. The fourth-order valence-corrected chi connectivity index (χ4v) is 2.66. The van der Waals surface area contributed by atoms with Crippen molar-refractivity contribution in [3.63, 3.8) is 0 Å². The average Bonchev–Trinajstić information content (AvgIpc) is 2.94. The Morgan fingerprint density at radius 3 is 3.06 bits per heavy atom. The molecule has 2 saturated heterocycles. The Morgan fingerprint density at radius 1 is 1.41 bits per heavy atom. The van der Waals surface area contributed by atoms with E-state index < -0.39 is 0 Å². The van der Waals surface area contributed by atoms with Gasteiger partial charge < -0.3 is 26.2 Å². The molecule has 3 aliphatic rings. The van der Waals surface area contributed by atoms with Crippen molar-refractivity contribution in [2.75, 3.05) is 19.9 Å². The number of hydrogen-bond acceptors (Lipinski definition) is 7. The standard InChI is InChI=1S/C10H19N5O2/c11-9-8-10(13-4-12-9)15(5-14-8)7-2-1-6(3-16)17-7/h6-7,10,12-14,16H,1-5,11H2/t6-,7+,10?/m0/s1. The number of nitrogens with zero attached hydrogens (tertiary/aromatic N) is 1. The molecule has 1 unspecified atom stereocenters. The summed E-state index contributed by atoms with van der Waals surface area (Å²) in [6.07, 6.45) is 1.99. The number of ether oxygens (including phenoxy) is 1. The van der Waals surface area contributed by atoms with Crippen LogP contribution in [0.15, 0.2) is 11.5 Å². The summed E-state index contributed by atoms with van der Waals surface area (Å²) in [6.45, 7) is 1.48. The third kappa shape index (κ3) is 1.85. The predicted molar refractivity (Wildman–Crippen MR) is 61.0 cm³/mol. The van der Waals surface area contributed by atoms with Crippen LogP contribution in [0, 0.1) is 0 Å². The molecule has 0 radical (unpaired) electrons. The maximum Gasteiger partial charge on any atom is 0.120 e. The molecule has 7 nitrogen and oxygen atoms in total. The molecule has 0 spiro atoms. The molecule has 0 amide bonds. The van der Waals surface area contributed by atoms with Gasteiger partial charge in [-0.05, 0) is 12.8 Å². The monoisotopic (exact) mass is 241 g/mol. The Balaban J connectivity index is 1.72. The van der Waals surface area contributed by atoms with E-state index >= 15 is 0 Å². The van der Waals surface area contributed by atoms with Crippen LogP contribution in [-0.2, 0) is 4.74 Å². The largest absolute Gasteiger partial charge is 0.394 e. The van der Waals surface area contributed by atoms with Crippen LogP contribution in [-0.4, -0.2) is 48.4 Å². The van der Waals surface area contributed by atoms with E-state index in [4.69, 9.17) is 15.6 Å². The molecule has 2 fully saturated rings. The summed E-state index contributed by atoms with van der Waals surface area (Å²) < 4.78 is 5.79. The first kappa shape index (κ1) is 11.1. The van der Waals surface area contributed by atoms with Crippen molar-refractivity contribution < 1.29 is 9.84 Å². The van der Waals surface area contributed by atoms with Crippen LogP contribution in [0.5, 0.6) is 0 Å². The third-order valence-electron chi connectivity index (χ3n) is 3.58. The van der Waals surface area contributed by atoms with Crippen LogP contribution in [0.2, 0.25) is 0 Å². The summed E-state index contributed by atoms with van der Waals surface area (Å²) in [5, 5.41) is 18.8. The van der Waals surface area contributed by atoms with E-state index in [2.05, 4.69) is 20.9 Å². The van der Waals surface area contributed by atoms with Crippen LogP contribution in [0.3, 0.4) is 0 Å². The summed E-state index contributed by atoms with van der Waals surface area (Å²) in [7, 11) is 0. The molecule has 7 heteroatoms. The Bertz CT molecular complexity index is 335. The van der Waals surface area contributed by atoms with E-state index in [1.807, 2.05) is 0 Å². The Morgan fingerprint density at radius 2 is 2.29 bits per heavy atom. The van der Waals surface area contributed by atoms with E-state index in [0.29, 0.717) is 12.5 Å². The molecule has 0 aromatic rings. The smallest absolute Gasteiger partial charge is 0.120 e. The fraction of sp³-hybridized carbons (Fsp3) is 0.800. The lowest BCUT2D eigenvalue weighted by molar-refractivity contribution is -0.0759. The molecule has 6 N–H and O–H groups in total. The molecule has 17 heavy (non-hydrogen) atoms. The minimum absolute atomic E-state index is 0.0212. The first-order valence-electron chi connectivity index (χ1n) is 6.02. The number of aliphatic hydroxyl groups is 1. The lowest BCUT2D eigenvalue weighted by Crippen LogP contribution is -2.54. The first-order valence-corrected chi connectivity index (χ1v) is 6.02. The van der Waals surface area contributed by atoms with Crippen LogP contribution in [0.1, 0.15) is 12.8 Å². The van der Waals surface area contributed by atoms with Gasteiger partial charge in [0.15, 0.2) is 0 Å². The lowest BCUT2D eigenvalue weighted by atomic mass is 10.2.